The summed E-state index contributed by atoms with van der Waals surface area (Å²) in [5, 5.41) is 11.3. The standard InChI is InChI=1S/C17H20N2O3/c1-11-4-7-15(19-12(2)5-6-13(19)3)14(10-11)17(22)18-9-8-16(20)21/h4-7,10H,8-9H2,1-3H3,(H,18,22)(H,20,21). The minimum absolute atomic E-state index is 0.0888. The van der Waals surface area contributed by atoms with Crippen LogP contribution in [0, 0.1) is 20.8 Å². The van der Waals surface area contributed by atoms with Gasteiger partial charge in [0.25, 0.3) is 5.91 Å². The molecule has 0 aliphatic carbocycles. The third-order valence-corrected chi connectivity index (χ3v) is 3.53. The highest BCUT2D eigenvalue weighted by Crippen LogP contribution is 2.21. The van der Waals surface area contributed by atoms with Gasteiger partial charge in [-0.05, 0) is 45.0 Å². The molecule has 1 heterocycles. The van der Waals surface area contributed by atoms with Crippen molar-refractivity contribution in [2.45, 2.75) is 27.2 Å². The summed E-state index contributed by atoms with van der Waals surface area (Å²) in [4.78, 5) is 23.0. The van der Waals surface area contributed by atoms with Gasteiger partial charge in [-0.25, -0.2) is 0 Å². The lowest BCUT2D eigenvalue weighted by Crippen LogP contribution is -2.27. The number of amides is 1. The molecule has 0 unspecified atom stereocenters. The van der Waals surface area contributed by atoms with E-state index >= 15 is 0 Å². The Morgan fingerprint density at radius 3 is 2.32 bits per heavy atom. The van der Waals surface area contributed by atoms with Crippen LogP contribution in [0.1, 0.15) is 33.7 Å². The fourth-order valence-electron chi connectivity index (χ4n) is 2.45. The summed E-state index contributed by atoms with van der Waals surface area (Å²) < 4.78 is 2.02. The van der Waals surface area contributed by atoms with E-state index in [-0.39, 0.29) is 18.9 Å². The molecule has 2 aromatic rings. The number of nitrogens with one attached hydrogen (secondary N) is 1. The van der Waals surface area contributed by atoms with Crippen molar-refractivity contribution in [2.75, 3.05) is 6.54 Å². The van der Waals surface area contributed by atoms with Crippen molar-refractivity contribution in [1.82, 2.24) is 9.88 Å². The molecule has 0 fully saturated rings. The number of aliphatic carboxylic acids is 1. The van der Waals surface area contributed by atoms with E-state index < -0.39 is 5.97 Å². The molecule has 0 atom stereocenters. The van der Waals surface area contributed by atoms with Crippen molar-refractivity contribution in [3.63, 3.8) is 0 Å². The van der Waals surface area contributed by atoms with Crippen LogP contribution in [0.15, 0.2) is 30.3 Å². The van der Waals surface area contributed by atoms with E-state index in [1.165, 1.54) is 0 Å². The van der Waals surface area contributed by atoms with Crippen molar-refractivity contribution in [2.24, 2.45) is 0 Å². The first-order chi connectivity index (χ1) is 10.4. The number of carboxylic acids is 1. The van der Waals surface area contributed by atoms with Crippen LogP contribution in [-0.4, -0.2) is 28.1 Å². The van der Waals surface area contributed by atoms with Gasteiger partial charge in [0.15, 0.2) is 0 Å². The van der Waals surface area contributed by atoms with E-state index in [4.69, 9.17) is 5.11 Å². The summed E-state index contributed by atoms with van der Waals surface area (Å²) in [7, 11) is 0. The number of aromatic nitrogens is 1. The summed E-state index contributed by atoms with van der Waals surface area (Å²) in [6.07, 6.45) is -0.0888. The largest absolute Gasteiger partial charge is 0.481 e. The van der Waals surface area contributed by atoms with Crippen molar-refractivity contribution < 1.29 is 14.7 Å². The second-order valence-corrected chi connectivity index (χ2v) is 5.37. The van der Waals surface area contributed by atoms with Crippen molar-refractivity contribution in [1.29, 1.82) is 0 Å². The van der Waals surface area contributed by atoms with Crippen LogP contribution >= 0.6 is 0 Å². The van der Waals surface area contributed by atoms with Crippen LogP contribution in [0.2, 0.25) is 0 Å². The lowest BCUT2D eigenvalue weighted by molar-refractivity contribution is -0.136. The van der Waals surface area contributed by atoms with Crippen LogP contribution in [0.4, 0.5) is 0 Å². The maximum absolute atomic E-state index is 12.4. The average Bonchev–Trinajstić information content (AvgIpc) is 2.78. The highest BCUT2D eigenvalue weighted by Gasteiger charge is 2.15. The van der Waals surface area contributed by atoms with Gasteiger partial charge in [0.05, 0.1) is 17.7 Å². The van der Waals surface area contributed by atoms with Gasteiger partial charge >= 0.3 is 5.97 Å². The summed E-state index contributed by atoms with van der Waals surface area (Å²) in [6, 6.07) is 9.70. The minimum atomic E-state index is -0.929. The lowest BCUT2D eigenvalue weighted by Gasteiger charge is -2.15. The molecule has 5 nitrogen and oxygen atoms in total. The van der Waals surface area contributed by atoms with E-state index in [1.807, 2.05) is 55.7 Å². The van der Waals surface area contributed by atoms with Gasteiger partial charge in [-0.2, -0.15) is 0 Å². The first-order valence-corrected chi connectivity index (χ1v) is 7.16. The number of hydrogen-bond donors (Lipinski definition) is 2. The van der Waals surface area contributed by atoms with E-state index in [0.717, 1.165) is 22.6 Å². The monoisotopic (exact) mass is 300 g/mol. The van der Waals surface area contributed by atoms with E-state index in [0.29, 0.717) is 5.56 Å². The molecule has 116 valence electrons. The zero-order valence-electron chi connectivity index (χ0n) is 13.0. The van der Waals surface area contributed by atoms with Gasteiger partial charge in [-0.15, -0.1) is 0 Å². The minimum Gasteiger partial charge on any atom is -0.481 e. The van der Waals surface area contributed by atoms with Crippen LogP contribution in [0.25, 0.3) is 5.69 Å². The first kappa shape index (κ1) is 15.8. The van der Waals surface area contributed by atoms with Crippen molar-refractivity contribution >= 4 is 11.9 Å². The Morgan fingerprint density at radius 1 is 1.09 bits per heavy atom. The molecular formula is C17H20N2O3. The zero-order chi connectivity index (χ0) is 16.3. The van der Waals surface area contributed by atoms with E-state index in [1.54, 1.807) is 0 Å². The van der Waals surface area contributed by atoms with Gasteiger partial charge in [0.1, 0.15) is 0 Å². The molecule has 22 heavy (non-hydrogen) atoms. The Morgan fingerprint density at radius 2 is 1.73 bits per heavy atom. The number of hydrogen-bond acceptors (Lipinski definition) is 2. The zero-order valence-corrected chi connectivity index (χ0v) is 13.0. The molecule has 0 spiro atoms. The number of carboxylic acid groups (broad SMARTS) is 1. The molecule has 0 bridgehead atoms. The Balaban J connectivity index is 2.36. The normalized spacial score (nSPS) is 10.5. The Kier molecular flexibility index (Phi) is 4.65. The molecule has 5 heteroatoms. The maximum Gasteiger partial charge on any atom is 0.305 e. The molecule has 2 N–H and O–H groups in total. The third kappa shape index (κ3) is 3.36. The molecule has 1 amide bonds. The topological polar surface area (TPSA) is 71.3 Å². The second kappa shape index (κ2) is 6.47. The molecule has 0 aliphatic rings. The number of carbonyl (C=O) groups is 2. The van der Waals surface area contributed by atoms with Gasteiger partial charge in [-0.1, -0.05) is 11.6 Å². The lowest BCUT2D eigenvalue weighted by atomic mass is 10.1. The predicted molar refractivity (Wildman–Crippen MR) is 84.6 cm³/mol. The van der Waals surface area contributed by atoms with Gasteiger partial charge < -0.3 is 15.0 Å². The quantitative estimate of drug-likeness (QED) is 0.891. The molecule has 0 aliphatic heterocycles. The molecule has 0 radical (unpaired) electrons. The van der Waals surface area contributed by atoms with Gasteiger partial charge in [0.2, 0.25) is 0 Å². The number of nitrogens with zero attached hydrogens (tertiary/aromatic N) is 1. The van der Waals surface area contributed by atoms with Crippen LogP contribution in [0.5, 0.6) is 0 Å². The molecule has 1 aromatic carbocycles. The van der Waals surface area contributed by atoms with E-state index in [9.17, 15) is 9.59 Å². The number of carbonyl (C=O) groups excluding carboxylic acids is 1. The molecule has 2 rings (SSSR count). The predicted octanol–water partition coefficient (Wildman–Crippen LogP) is 2.61. The smallest absolute Gasteiger partial charge is 0.305 e. The van der Waals surface area contributed by atoms with Gasteiger partial charge in [-0.3, -0.25) is 9.59 Å². The van der Waals surface area contributed by atoms with Crippen LogP contribution in [-0.2, 0) is 4.79 Å². The van der Waals surface area contributed by atoms with Crippen molar-refractivity contribution in [3.8, 4) is 5.69 Å². The fraction of sp³-hybridized carbons (Fsp3) is 0.294. The van der Waals surface area contributed by atoms with Crippen molar-refractivity contribution in [3.05, 3.63) is 52.8 Å². The molecule has 0 saturated carbocycles. The summed E-state index contributed by atoms with van der Waals surface area (Å²) in [5.41, 5.74) is 4.42. The Labute approximate surface area is 129 Å². The first-order valence-electron chi connectivity index (χ1n) is 7.16. The van der Waals surface area contributed by atoms with Gasteiger partial charge in [0, 0.05) is 17.9 Å². The molecule has 1 aromatic heterocycles. The van der Waals surface area contributed by atoms with Crippen LogP contribution in [0.3, 0.4) is 0 Å². The summed E-state index contributed by atoms with van der Waals surface area (Å²) in [6.45, 7) is 6.01. The average molecular weight is 300 g/mol. The number of benzene rings is 1. The number of rotatable bonds is 5. The summed E-state index contributed by atoms with van der Waals surface area (Å²) >= 11 is 0. The Hall–Kier alpha value is -2.56. The third-order valence-electron chi connectivity index (χ3n) is 3.53. The van der Waals surface area contributed by atoms with E-state index in [2.05, 4.69) is 5.32 Å². The summed E-state index contributed by atoms with van der Waals surface area (Å²) in [5.74, 6) is -1.19. The number of aryl methyl sites for hydroxylation is 3. The SMILES string of the molecule is Cc1ccc(-n2c(C)ccc2C)c(C(=O)NCCC(=O)O)c1. The maximum atomic E-state index is 12.4. The molecular weight excluding hydrogens is 280 g/mol. The molecule has 0 saturated heterocycles. The highest BCUT2D eigenvalue weighted by molar-refractivity contribution is 5.98. The Bertz CT molecular complexity index is 697. The fourth-order valence-corrected chi connectivity index (χ4v) is 2.45. The highest BCUT2D eigenvalue weighted by atomic mass is 16.4. The second-order valence-electron chi connectivity index (χ2n) is 5.37. The van der Waals surface area contributed by atoms with Crippen LogP contribution < -0.4 is 5.32 Å².